The van der Waals surface area contributed by atoms with E-state index >= 15 is 0 Å². The summed E-state index contributed by atoms with van der Waals surface area (Å²) in [4.78, 5) is 38.1. The molecule has 0 aliphatic carbocycles. The first-order chi connectivity index (χ1) is 16.8. The predicted molar refractivity (Wildman–Crippen MR) is 132 cm³/mol. The molecule has 0 radical (unpaired) electrons. The number of ether oxygens (including phenoxy) is 1. The van der Waals surface area contributed by atoms with Crippen LogP contribution in [-0.4, -0.2) is 71.8 Å². The molecule has 2 aromatic carbocycles. The minimum Gasteiger partial charge on any atom is -0.479 e. The van der Waals surface area contributed by atoms with Crippen LogP contribution in [0.2, 0.25) is 5.02 Å². The maximum absolute atomic E-state index is 12.7. The number of halogens is 1. The molecule has 188 valence electrons. The van der Waals surface area contributed by atoms with Gasteiger partial charge in [-0.1, -0.05) is 48.0 Å². The summed E-state index contributed by atoms with van der Waals surface area (Å²) in [6, 6.07) is 14.3. The highest BCUT2D eigenvalue weighted by molar-refractivity contribution is 6.35. The van der Waals surface area contributed by atoms with E-state index in [1.165, 1.54) is 4.90 Å². The summed E-state index contributed by atoms with van der Waals surface area (Å²) >= 11 is 6.07. The predicted octanol–water partition coefficient (Wildman–Crippen LogP) is 2.75. The van der Waals surface area contributed by atoms with Gasteiger partial charge in [-0.15, -0.1) is 0 Å². The smallest absolute Gasteiger partial charge is 0.332 e. The largest absolute Gasteiger partial charge is 0.479 e. The van der Waals surface area contributed by atoms with E-state index in [1.54, 1.807) is 13.2 Å². The van der Waals surface area contributed by atoms with Gasteiger partial charge in [0.1, 0.15) is 0 Å². The van der Waals surface area contributed by atoms with Gasteiger partial charge < -0.3 is 25.2 Å². The second-order valence-corrected chi connectivity index (χ2v) is 9.30. The molecule has 1 aliphatic rings. The van der Waals surface area contributed by atoms with Crippen molar-refractivity contribution in [3.8, 4) is 11.1 Å². The van der Waals surface area contributed by atoms with E-state index in [4.69, 9.17) is 21.4 Å². The van der Waals surface area contributed by atoms with Crippen LogP contribution in [0.4, 0.5) is 0 Å². The van der Waals surface area contributed by atoms with Crippen LogP contribution in [0.5, 0.6) is 0 Å². The standard InChI is InChI=1S/C26H31ClN2O6/c1-35-16-18-9-11-29(12-10-18)25(32)24(31)28-22(15-23(30)26(33)34)13-17-5-7-19(8-6-17)20-3-2-4-21(27)14-20/h2-8,14,18,22-23,30H,9-13,15-16H2,1H3,(H,28,31)(H,33,34). The SMILES string of the molecule is COCC1CCN(C(=O)C(=O)NC(Cc2ccc(-c3cccc(Cl)c3)cc2)CC(O)C(=O)O)CC1. The molecule has 2 unspecified atom stereocenters. The van der Waals surface area contributed by atoms with E-state index < -0.39 is 29.9 Å². The van der Waals surface area contributed by atoms with Crippen molar-refractivity contribution in [3.63, 3.8) is 0 Å². The molecular weight excluding hydrogens is 472 g/mol. The first-order valence-corrected chi connectivity index (χ1v) is 12.0. The number of benzene rings is 2. The van der Waals surface area contributed by atoms with Crippen LogP contribution in [0.15, 0.2) is 48.5 Å². The number of nitrogens with one attached hydrogen (secondary N) is 1. The monoisotopic (exact) mass is 502 g/mol. The Morgan fingerprint density at radius 2 is 1.80 bits per heavy atom. The van der Waals surface area contributed by atoms with Crippen LogP contribution in [0.25, 0.3) is 11.1 Å². The number of carbonyl (C=O) groups excluding carboxylic acids is 2. The average molecular weight is 503 g/mol. The topological polar surface area (TPSA) is 116 Å². The molecule has 1 aliphatic heterocycles. The number of piperidine rings is 1. The number of rotatable bonds is 9. The summed E-state index contributed by atoms with van der Waals surface area (Å²) in [5, 5.41) is 22.3. The zero-order chi connectivity index (χ0) is 25.4. The number of aliphatic hydroxyl groups is 1. The van der Waals surface area contributed by atoms with E-state index in [0.717, 1.165) is 29.5 Å². The van der Waals surface area contributed by atoms with Gasteiger partial charge in [-0.25, -0.2) is 4.79 Å². The van der Waals surface area contributed by atoms with Gasteiger partial charge in [0, 0.05) is 44.3 Å². The lowest BCUT2D eigenvalue weighted by Crippen LogP contribution is -2.50. The summed E-state index contributed by atoms with van der Waals surface area (Å²) in [6.45, 7) is 1.56. The van der Waals surface area contributed by atoms with Crippen molar-refractivity contribution >= 4 is 29.4 Å². The van der Waals surface area contributed by atoms with Crippen molar-refractivity contribution in [2.75, 3.05) is 26.8 Å². The molecule has 1 fully saturated rings. The van der Waals surface area contributed by atoms with Crippen LogP contribution < -0.4 is 5.32 Å². The van der Waals surface area contributed by atoms with Gasteiger partial charge in [0.25, 0.3) is 0 Å². The van der Waals surface area contributed by atoms with E-state index in [-0.39, 0.29) is 12.8 Å². The number of aliphatic carboxylic acids is 1. The molecule has 2 amide bonds. The Balaban J connectivity index is 1.65. The lowest BCUT2D eigenvalue weighted by atomic mass is 9.97. The fourth-order valence-corrected chi connectivity index (χ4v) is 4.47. The van der Waals surface area contributed by atoms with Gasteiger partial charge in [0.2, 0.25) is 0 Å². The van der Waals surface area contributed by atoms with Gasteiger partial charge in [0.15, 0.2) is 6.10 Å². The van der Waals surface area contributed by atoms with Crippen LogP contribution in [-0.2, 0) is 25.5 Å². The minimum absolute atomic E-state index is 0.222. The summed E-state index contributed by atoms with van der Waals surface area (Å²) in [6.07, 6.45) is -0.110. The van der Waals surface area contributed by atoms with Crippen LogP contribution in [0.3, 0.4) is 0 Å². The van der Waals surface area contributed by atoms with Crippen LogP contribution in [0, 0.1) is 5.92 Å². The molecule has 2 atom stereocenters. The van der Waals surface area contributed by atoms with Crippen molar-refractivity contribution in [1.82, 2.24) is 10.2 Å². The summed E-state index contributed by atoms with van der Waals surface area (Å²) in [7, 11) is 1.64. The molecule has 8 nitrogen and oxygen atoms in total. The van der Waals surface area contributed by atoms with Crippen molar-refractivity contribution in [3.05, 3.63) is 59.1 Å². The number of methoxy groups -OCH3 is 1. The summed E-state index contributed by atoms with van der Waals surface area (Å²) in [5.74, 6) is -2.46. The first kappa shape index (κ1) is 26.7. The minimum atomic E-state index is -1.66. The molecule has 3 rings (SSSR count). The third-order valence-electron chi connectivity index (χ3n) is 6.22. The quantitative estimate of drug-likeness (QED) is 0.454. The van der Waals surface area contributed by atoms with E-state index in [1.807, 2.05) is 42.5 Å². The van der Waals surface area contributed by atoms with E-state index in [0.29, 0.717) is 30.6 Å². The number of amides is 2. The second kappa shape index (κ2) is 12.7. The van der Waals surface area contributed by atoms with Crippen molar-refractivity contribution < 1.29 is 29.3 Å². The molecule has 0 aromatic heterocycles. The molecule has 9 heteroatoms. The Morgan fingerprint density at radius 1 is 1.11 bits per heavy atom. The number of hydrogen-bond donors (Lipinski definition) is 3. The number of carboxylic acid groups (broad SMARTS) is 1. The lowest BCUT2D eigenvalue weighted by molar-refractivity contribution is -0.149. The highest BCUT2D eigenvalue weighted by Gasteiger charge is 2.29. The van der Waals surface area contributed by atoms with Crippen LogP contribution >= 0.6 is 11.6 Å². The van der Waals surface area contributed by atoms with Crippen molar-refractivity contribution in [2.24, 2.45) is 5.92 Å². The zero-order valence-corrected chi connectivity index (χ0v) is 20.4. The maximum Gasteiger partial charge on any atom is 0.332 e. The highest BCUT2D eigenvalue weighted by Crippen LogP contribution is 2.24. The maximum atomic E-state index is 12.7. The molecule has 1 heterocycles. The Hall–Kier alpha value is -2.94. The number of likely N-dealkylation sites (tertiary alicyclic amines) is 1. The van der Waals surface area contributed by atoms with Gasteiger partial charge >= 0.3 is 17.8 Å². The zero-order valence-electron chi connectivity index (χ0n) is 19.7. The Kier molecular flexibility index (Phi) is 9.65. The van der Waals surface area contributed by atoms with Crippen molar-refractivity contribution in [1.29, 1.82) is 0 Å². The lowest BCUT2D eigenvalue weighted by Gasteiger charge is -2.31. The molecular formula is C26H31ClN2O6. The first-order valence-electron chi connectivity index (χ1n) is 11.6. The average Bonchev–Trinajstić information content (AvgIpc) is 2.84. The molecule has 0 spiro atoms. The molecule has 1 saturated heterocycles. The highest BCUT2D eigenvalue weighted by atomic mass is 35.5. The Bertz CT molecular complexity index is 1020. The number of carbonyl (C=O) groups is 3. The molecule has 2 aromatic rings. The fourth-order valence-electron chi connectivity index (χ4n) is 4.28. The van der Waals surface area contributed by atoms with Gasteiger partial charge in [-0.05, 0) is 54.0 Å². The Morgan fingerprint density at radius 3 is 2.40 bits per heavy atom. The fraction of sp³-hybridized carbons (Fsp3) is 0.423. The number of aliphatic hydroxyl groups excluding tert-OH is 1. The van der Waals surface area contributed by atoms with Gasteiger partial charge in [0.05, 0.1) is 0 Å². The molecule has 0 bridgehead atoms. The van der Waals surface area contributed by atoms with E-state index in [9.17, 15) is 19.5 Å². The van der Waals surface area contributed by atoms with E-state index in [2.05, 4.69) is 5.32 Å². The third kappa shape index (κ3) is 7.78. The molecule has 35 heavy (non-hydrogen) atoms. The normalized spacial score (nSPS) is 15.9. The summed E-state index contributed by atoms with van der Waals surface area (Å²) in [5.41, 5.74) is 2.73. The number of nitrogens with zero attached hydrogens (tertiary/aromatic N) is 1. The molecule has 0 saturated carbocycles. The number of hydrogen-bond acceptors (Lipinski definition) is 5. The summed E-state index contributed by atoms with van der Waals surface area (Å²) < 4.78 is 5.17. The Labute approximate surface area is 209 Å². The number of carboxylic acids is 1. The van der Waals surface area contributed by atoms with Gasteiger partial charge in [-0.3, -0.25) is 9.59 Å². The molecule has 3 N–H and O–H groups in total. The van der Waals surface area contributed by atoms with Crippen molar-refractivity contribution in [2.45, 2.75) is 37.8 Å². The second-order valence-electron chi connectivity index (χ2n) is 8.86. The third-order valence-corrected chi connectivity index (χ3v) is 6.46. The van der Waals surface area contributed by atoms with Crippen LogP contribution in [0.1, 0.15) is 24.8 Å². The van der Waals surface area contributed by atoms with Gasteiger partial charge in [-0.2, -0.15) is 0 Å².